The first kappa shape index (κ1) is 10.2. The molecule has 0 aliphatic heterocycles. The van der Waals surface area contributed by atoms with Crippen LogP contribution in [0.5, 0.6) is 0 Å². The maximum atomic E-state index is 5.45. The Morgan fingerprint density at radius 3 is 2.80 bits per heavy atom. The predicted molar refractivity (Wildman–Crippen MR) is 44.7 cm³/mol. The van der Waals surface area contributed by atoms with Crippen molar-refractivity contribution >= 4 is 11.6 Å². The summed E-state index contributed by atoms with van der Waals surface area (Å²) >= 11 is 5.45. The van der Waals surface area contributed by atoms with Crippen molar-refractivity contribution in [3.63, 3.8) is 0 Å². The quantitative estimate of drug-likeness (QED) is 0.453. The van der Waals surface area contributed by atoms with Crippen molar-refractivity contribution in [1.29, 1.82) is 0 Å². The van der Waals surface area contributed by atoms with Gasteiger partial charge in [0.05, 0.1) is 0 Å². The molecule has 0 bridgehead atoms. The van der Waals surface area contributed by atoms with Crippen molar-refractivity contribution in [3.05, 3.63) is 0 Å². The molecule has 62 valence electrons. The molecule has 0 rings (SSSR count). The van der Waals surface area contributed by atoms with Gasteiger partial charge in [-0.05, 0) is 19.9 Å². The Morgan fingerprint density at radius 1 is 1.40 bits per heavy atom. The fourth-order valence-corrected chi connectivity index (χ4v) is 0.769. The van der Waals surface area contributed by atoms with Crippen LogP contribution in [0.2, 0.25) is 0 Å². The molecule has 0 atom stereocenters. The first-order valence-corrected chi connectivity index (χ1v) is 4.29. The Morgan fingerprint density at radius 2 is 2.20 bits per heavy atom. The second-order valence-electron chi connectivity index (χ2n) is 1.99. The normalized spacial score (nSPS) is 10.2. The molecule has 0 saturated heterocycles. The number of hydrogen-bond donors (Lipinski definition) is 1. The summed E-state index contributed by atoms with van der Waals surface area (Å²) in [6.45, 7) is 5.58. The minimum absolute atomic E-state index is 0.689. The van der Waals surface area contributed by atoms with E-state index < -0.39 is 0 Å². The molecule has 0 fully saturated rings. The van der Waals surface area contributed by atoms with Gasteiger partial charge < -0.3 is 10.1 Å². The van der Waals surface area contributed by atoms with Gasteiger partial charge in [0.1, 0.15) is 0 Å². The summed E-state index contributed by atoms with van der Waals surface area (Å²) in [5.74, 6) is 0.689. The minimum atomic E-state index is 0.689. The van der Waals surface area contributed by atoms with Crippen LogP contribution in [0.3, 0.4) is 0 Å². The van der Waals surface area contributed by atoms with Crippen molar-refractivity contribution in [1.82, 2.24) is 5.32 Å². The lowest BCUT2D eigenvalue weighted by molar-refractivity contribution is 0.145. The van der Waals surface area contributed by atoms with E-state index in [2.05, 4.69) is 5.32 Å². The van der Waals surface area contributed by atoms with Crippen molar-refractivity contribution in [2.75, 3.05) is 32.2 Å². The molecular formula is C7H16ClNO. The molecule has 0 spiro atoms. The minimum Gasteiger partial charge on any atom is -0.382 e. The molecule has 0 radical (unpaired) electrons. The number of rotatable bonds is 7. The maximum absolute atomic E-state index is 5.45. The van der Waals surface area contributed by atoms with Crippen LogP contribution in [0, 0.1) is 0 Å². The number of alkyl halides is 1. The Hall–Kier alpha value is 0.210. The Kier molecular flexibility index (Phi) is 9.40. The van der Waals surface area contributed by atoms with Crippen LogP contribution in [0.15, 0.2) is 0 Å². The molecular weight excluding hydrogens is 150 g/mol. The van der Waals surface area contributed by atoms with Crippen LogP contribution >= 0.6 is 11.6 Å². The van der Waals surface area contributed by atoms with E-state index >= 15 is 0 Å². The van der Waals surface area contributed by atoms with Crippen LogP contribution in [0.25, 0.3) is 0 Å². The summed E-state index contributed by atoms with van der Waals surface area (Å²) in [4.78, 5) is 0. The zero-order valence-corrected chi connectivity index (χ0v) is 7.28. The smallest absolute Gasteiger partial charge is 0.0477 e. The molecule has 2 nitrogen and oxygen atoms in total. The molecule has 0 unspecified atom stereocenters. The van der Waals surface area contributed by atoms with E-state index in [1.807, 2.05) is 6.92 Å². The highest BCUT2D eigenvalue weighted by Crippen LogP contribution is 1.79. The number of ether oxygens (including phenoxy) is 1. The lowest BCUT2D eigenvalue weighted by Crippen LogP contribution is -2.18. The van der Waals surface area contributed by atoms with Gasteiger partial charge in [-0.3, -0.25) is 0 Å². The lowest BCUT2D eigenvalue weighted by Gasteiger charge is -2.01. The average molecular weight is 166 g/mol. The maximum Gasteiger partial charge on any atom is 0.0477 e. The average Bonchev–Trinajstić information content (AvgIpc) is 1.97. The van der Waals surface area contributed by atoms with Crippen molar-refractivity contribution < 1.29 is 4.74 Å². The summed E-state index contributed by atoms with van der Waals surface area (Å²) < 4.78 is 5.14. The largest absolute Gasteiger partial charge is 0.382 e. The van der Waals surface area contributed by atoms with Crippen molar-refractivity contribution in [3.8, 4) is 0 Å². The number of nitrogens with one attached hydrogen (secondary N) is 1. The second kappa shape index (κ2) is 9.21. The first-order chi connectivity index (χ1) is 4.91. The third-order valence-electron chi connectivity index (χ3n) is 1.12. The molecule has 0 amide bonds. The van der Waals surface area contributed by atoms with Gasteiger partial charge in [0.25, 0.3) is 0 Å². The molecule has 0 heterocycles. The van der Waals surface area contributed by atoms with Crippen LogP contribution in [0.4, 0.5) is 0 Å². The standard InChI is InChI=1S/C7H16ClNO/c1-2-10-7-3-5-9-6-4-8/h9H,2-7H2,1H3. The molecule has 0 aliphatic carbocycles. The van der Waals surface area contributed by atoms with E-state index in [1.54, 1.807) is 0 Å². The molecule has 0 aromatic rings. The Bertz CT molecular complexity index is 53.6. The van der Waals surface area contributed by atoms with Gasteiger partial charge >= 0.3 is 0 Å². The molecule has 0 aliphatic rings. The van der Waals surface area contributed by atoms with E-state index in [0.29, 0.717) is 5.88 Å². The summed E-state index contributed by atoms with van der Waals surface area (Å²) in [7, 11) is 0. The Balaban J connectivity index is 2.65. The first-order valence-electron chi connectivity index (χ1n) is 3.76. The molecule has 1 N–H and O–H groups in total. The monoisotopic (exact) mass is 165 g/mol. The molecule has 0 saturated carbocycles. The van der Waals surface area contributed by atoms with Crippen molar-refractivity contribution in [2.45, 2.75) is 13.3 Å². The van der Waals surface area contributed by atoms with Crippen LogP contribution < -0.4 is 5.32 Å². The summed E-state index contributed by atoms with van der Waals surface area (Å²) in [6, 6.07) is 0. The van der Waals surface area contributed by atoms with Crippen LogP contribution in [0.1, 0.15) is 13.3 Å². The zero-order chi connectivity index (χ0) is 7.66. The van der Waals surface area contributed by atoms with E-state index in [1.165, 1.54) is 0 Å². The van der Waals surface area contributed by atoms with Gasteiger partial charge in [-0.2, -0.15) is 0 Å². The molecule has 0 aromatic heterocycles. The zero-order valence-electron chi connectivity index (χ0n) is 6.53. The lowest BCUT2D eigenvalue weighted by atomic mass is 10.4. The third-order valence-corrected chi connectivity index (χ3v) is 1.31. The highest BCUT2D eigenvalue weighted by atomic mass is 35.5. The topological polar surface area (TPSA) is 21.3 Å². The highest BCUT2D eigenvalue weighted by molar-refractivity contribution is 6.18. The van der Waals surface area contributed by atoms with Crippen LogP contribution in [-0.4, -0.2) is 32.2 Å². The van der Waals surface area contributed by atoms with Crippen LogP contribution in [-0.2, 0) is 4.74 Å². The number of hydrogen-bond acceptors (Lipinski definition) is 2. The van der Waals surface area contributed by atoms with E-state index in [9.17, 15) is 0 Å². The van der Waals surface area contributed by atoms with E-state index in [-0.39, 0.29) is 0 Å². The fourth-order valence-electron chi connectivity index (χ4n) is 0.635. The van der Waals surface area contributed by atoms with Gasteiger partial charge in [-0.15, -0.1) is 11.6 Å². The Labute approximate surface area is 67.9 Å². The molecule has 0 aromatic carbocycles. The van der Waals surface area contributed by atoms with Gasteiger partial charge in [-0.1, -0.05) is 0 Å². The second-order valence-corrected chi connectivity index (χ2v) is 2.37. The van der Waals surface area contributed by atoms with Gasteiger partial charge in [0.15, 0.2) is 0 Å². The molecule has 3 heteroatoms. The van der Waals surface area contributed by atoms with Gasteiger partial charge in [-0.25, -0.2) is 0 Å². The summed E-state index contributed by atoms with van der Waals surface area (Å²) in [5.41, 5.74) is 0. The van der Waals surface area contributed by atoms with Gasteiger partial charge in [0, 0.05) is 25.6 Å². The van der Waals surface area contributed by atoms with Crippen molar-refractivity contribution in [2.24, 2.45) is 0 Å². The summed E-state index contributed by atoms with van der Waals surface area (Å²) in [6.07, 6.45) is 1.07. The van der Waals surface area contributed by atoms with E-state index in [4.69, 9.17) is 16.3 Å². The fraction of sp³-hybridized carbons (Fsp3) is 1.00. The number of halogens is 1. The van der Waals surface area contributed by atoms with Gasteiger partial charge in [0.2, 0.25) is 0 Å². The summed E-state index contributed by atoms with van der Waals surface area (Å²) in [5, 5.41) is 3.18. The predicted octanol–water partition coefficient (Wildman–Crippen LogP) is 1.24. The third kappa shape index (κ3) is 8.21. The highest BCUT2D eigenvalue weighted by Gasteiger charge is 1.85. The molecule has 10 heavy (non-hydrogen) atoms. The SMILES string of the molecule is CCOCCCNCCCl. The van der Waals surface area contributed by atoms with E-state index in [0.717, 1.165) is 32.7 Å².